The molecule has 2 aliphatic rings. The number of carbonyl (C=O) groups excluding carboxylic acids is 2. The van der Waals surface area contributed by atoms with Gasteiger partial charge in [-0.3, -0.25) is 9.59 Å². The lowest BCUT2D eigenvalue weighted by atomic mass is 9.85. The Morgan fingerprint density at radius 1 is 0.939 bits per heavy atom. The Bertz CT molecular complexity index is 1110. The van der Waals surface area contributed by atoms with Gasteiger partial charge < -0.3 is 14.6 Å². The number of imidazole rings is 1. The summed E-state index contributed by atoms with van der Waals surface area (Å²) in [6, 6.07) is 12.0. The lowest BCUT2D eigenvalue weighted by Crippen LogP contribution is -2.41. The molecule has 1 aliphatic carbocycles. The zero-order valence-corrected chi connectivity index (χ0v) is 19.1. The Hall–Kier alpha value is -3.15. The summed E-state index contributed by atoms with van der Waals surface area (Å²) in [7, 11) is 0. The number of amides is 2. The van der Waals surface area contributed by atoms with E-state index < -0.39 is 0 Å². The molecule has 6 nitrogen and oxygen atoms in total. The third-order valence-corrected chi connectivity index (χ3v) is 7.32. The predicted octanol–water partition coefficient (Wildman–Crippen LogP) is 4.55. The first-order valence-corrected chi connectivity index (χ1v) is 12.3. The number of nitrogens with zero attached hydrogens (tertiary/aromatic N) is 3. The smallest absolute Gasteiger partial charge is 0.251 e. The highest BCUT2D eigenvalue weighted by Gasteiger charge is 2.29. The number of hydrogen-bond acceptors (Lipinski definition) is 3. The van der Waals surface area contributed by atoms with Gasteiger partial charge in [0.25, 0.3) is 5.91 Å². The normalized spacial score (nSPS) is 17.9. The van der Waals surface area contributed by atoms with Crippen LogP contribution in [0.5, 0.6) is 0 Å². The molecule has 0 bridgehead atoms. The minimum absolute atomic E-state index is 0.0716. The van der Waals surface area contributed by atoms with Crippen molar-refractivity contribution in [3.8, 4) is 0 Å². The van der Waals surface area contributed by atoms with Gasteiger partial charge in [-0.15, -0.1) is 0 Å². The summed E-state index contributed by atoms with van der Waals surface area (Å²) in [4.78, 5) is 31.8. The maximum atomic E-state index is 12.8. The van der Waals surface area contributed by atoms with Gasteiger partial charge in [-0.05, 0) is 67.0 Å². The third kappa shape index (κ3) is 4.95. The monoisotopic (exact) mass is 444 g/mol. The summed E-state index contributed by atoms with van der Waals surface area (Å²) < 4.78 is 1.94. The van der Waals surface area contributed by atoms with Crippen molar-refractivity contribution in [3.05, 3.63) is 71.7 Å². The van der Waals surface area contributed by atoms with Crippen molar-refractivity contribution < 1.29 is 9.59 Å². The Morgan fingerprint density at radius 3 is 2.45 bits per heavy atom. The fourth-order valence-electron chi connectivity index (χ4n) is 5.29. The molecule has 6 heteroatoms. The number of likely N-dealkylation sites (tertiary alicyclic amines) is 1. The van der Waals surface area contributed by atoms with E-state index >= 15 is 0 Å². The van der Waals surface area contributed by atoms with Crippen molar-refractivity contribution in [1.29, 1.82) is 0 Å². The Balaban J connectivity index is 1.12. The fraction of sp³-hybridized carbons (Fsp3) is 0.444. The number of pyridine rings is 1. The Morgan fingerprint density at radius 2 is 1.70 bits per heavy atom. The van der Waals surface area contributed by atoms with E-state index in [-0.39, 0.29) is 11.8 Å². The van der Waals surface area contributed by atoms with Crippen LogP contribution < -0.4 is 5.32 Å². The summed E-state index contributed by atoms with van der Waals surface area (Å²) in [5.74, 6) is 1.03. The lowest BCUT2D eigenvalue weighted by Gasteiger charge is -2.35. The van der Waals surface area contributed by atoms with Gasteiger partial charge in [-0.25, -0.2) is 4.98 Å². The SMILES string of the molecule is O=C(NCc1ccn2ccnc2c1)c1ccc(C2CCN(C(=O)C3CCCCC3)CC2)cc1. The second-order valence-electron chi connectivity index (χ2n) is 9.47. The maximum absolute atomic E-state index is 12.8. The number of hydrogen-bond donors (Lipinski definition) is 1. The van der Waals surface area contributed by atoms with Gasteiger partial charge >= 0.3 is 0 Å². The second-order valence-corrected chi connectivity index (χ2v) is 9.47. The van der Waals surface area contributed by atoms with E-state index in [0.29, 0.717) is 23.9 Å². The minimum Gasteiger partial charge on any atom is -0.348 e. The molecule has 1 N–H and O–H groups in total. The number of fused-ring (bicyclic) bond motifs is 1. The van der Waals surface area contributed by atoms with E-state index in [1.807, 2.05) is 41.1 Å². The molecule has 3 heterocycles. The van der Waals surface area contributed by atoms with E-state index in [9.17, 15) is 9.59 Å². The van der Waals surface area contributed by atoms with E-state index in [0.717, 1.165) is 50.0 Å². The van der Waals surface area contributed by atoms with Crippen LogP contribution in [0.3, 0.4) is 0 Å². The average Bonchev–Trinajstić information content (AvgIpc) is 3.35. The van der Waals surface area contributed by atoms with Gasteiger partial charge in [0, 0.05) is 49.7 Å². The largest absolute Gasteiger partial charge is 0.348 e. The zero-order valence-electron chi connectivity index (χ0n) is 19.1. The molecular weight excluding hydrogens is 412 g/mol. The Kier molecular flexibility index (Phi) is 6.42. The molecule has 3 aromatic rings. The molecule has 0 spiro atoms. The maximum Gasteiger partial charge on any atom is 0.251 e. The van der Waals surface area contributed by atoms with E-state index in [1.165, 1.54) is 24.8 Å². The number of aromatic nitrogens is 2. The summed E-state index contributed by atoms with van der Waals surface area (Å²) >= 11 is 0. The van der Waals surface area contributed by atoms with Crippen LogP contribution in [0, 0.1) is 5.92 Å². The number of carbonyl (C=O) groups is 2. The first-order chi connectivity index (χ1) is 16.2. The topological polar surface area (TPSA) is 66.7 Å². The summed E-state index contributed by atoms with van der Waals surface area (Å²) in [5, 5.41) is 3.00. The summed E-state index contributed by atoms with van der Waals surface area (Å²) in [5.41, 5.74) is 3.83. The summed E-state index contributed by atoms with van der Waals surface area (Å²) in [6.45, 7) is 2.17. The van der Waals surface area contributed by atoms with Crippen LogP contribution in [0.2, 0.25) is 0 Å². The highest BCUT2D eigenvalue weighted by molar-refractivity contribution is 5.94. The van der Waals surface area contributed by atoms with Crippen molar-refractivity contribution in [2.45, 2.75) is 57.4 Å². The molecule has 2 amide bonds. The highest BCUT2D eigenvalue weighted by Crippen LogP contribution is 2.31. The van der Waals surface area contributed by atoms with E-state index in [4.69, 9.17) is 0 Å². The minimum atomic E-state index is -0.0716. The Labute approximate surface area is 195 Å². The van der Waals surface area contributed by atoms with E-state index in [2.05, 4.69) is 27.3 Å². The quantitative estimate of drug-likeness (QED) is 0.628. The van der Waals surface area contributed by atoms with Crippen LogP contribution in [-0.4, -0.2) is 39.2 Å². The molecule has 5 rings (SSSR count). The molecule has 1 saturated heterocycles. The molecule has 172 valence electrons. The van der Waals surface area contributed by atoms with Crippen molar-refractivity contribution in [3.63, 3.8) is 0 Å². The van der Waals surface area contributed by atoms with Gasteiger partial charge in [0.2, 0.25) is 5.91 Å². The zero-order chi connectivity index (χ0) is 22.6. The molecule has 0 atom stereocenters. The van der Waals surface area contributed by atoms with Crippen LogP contribution >= 0.6 is 0 Å². The molecule has 1 aromatic carbocycles. The van der Waals surface area contributed by atoms with Gasteiger partial charge in [-0.1, -0.05) is 31.4 Å². The fourth-order valence-corrected chi connectivity index (χ4v) is 5.29. The standard InChI is InChI=1S/C27H32N4O2/c32-26(29-19-20-10-14-30-17-13-28-25(30)18-20)23-8-6-21(7-9-23)22-11-15-31(16-12-22)27(33)24-4-2-1-3-5-24/h6-10,13-14,17-18,22,24H,1-5,11-12,15-16,19H2,(H,29,32). The van der Waals surface area contributed by atoms with Crippen LogP contribution in [-0.2, 0) is 11.3 Å². The van der Waals surface area contributed by atoms with Gasteiger partial charge in [0.05, 0.1) is 0 Å². The molecule has 1 saturated carbocycles. The van der Waals surface area contributed by atoms with Crippen LogP contribution in [0.1, 0.15) is 72.3 Å². The molecule has 2 aromatic heterocycles. The third-order valence-electron chi connectivity index (χ3n) is 7.32. The molecule has 0 radical (unpaired) electrons. The van der Waals surface area contributed by atoms with Crippen LogP contribution in [0.15, 0.2) is 55.0 Å². The van der Waals surface area contributed by atoms with Gasteiger partial charge in [0.1, 0.15) is 5.65 Å². The molecule has 1 aliphatic heterocycles. The van der Waals surface area contributed by atoms with Gasteiger partial charge in [-0.2, -0.15) is 0 Å². The van der Waals surface area contributed by atoms with E-state index in [1.54, 1.807) is 6.20 Å². The number of nitrogens with one attached hydrogen (secondary N) is 1. The van der Waals surface area contributed by atoms with Crippen LogP contribution in [0.25, 0.3) is 5.65 Å². The molecular formula is C27H32N4O2. The predicted molar refractivity (Wildman–Crippen MR) is 128 cm³/mol. The van der Waals surface area contributed by atoms with Crippen LogP contribution in [0.4, 0.5) is 0 Å². The first kappa shape index (κ1) is 21.7. The number of piperidine rings is 1. The van der Waals surface area contributed by atoms with Gasteiger partial charge in [0.15, 0.2) is 0 Å². The summed E-state index contributed by atoms with van der Waals surface area (Å²) in [6.07, 6.45) is 13.4. The van der Waals surface area contributed by atoms with Crippen molar-refractivity contribution >= 4 is 17.5 Å². The molecule has 2 fully saturated rings. The molecule has 33 heavy (non-hydrogen) atoms. The molecule has 0 unspecified atom stereocenters. The van der Waals surface area contributed by atoms with Crippen molar-refractivity contribution in [1.82, 2.24) is 19.6 Å². The second kappa shape index (κ2) is 9.77. The average molecular weight is 445 g/mol. The number of rotatable bonds is 5. The van der Waals surface area contributed by atoms with Crippen molar-refractivity contribution in [2.24, 2.45) is 5.92 Å². The number of benzene rings is 1. The first-order valence-electron chi connectivity index (χ1n) is 12.3. The van der Waals surface area contributed by atoms with Crippen molar-refractivity contribution in [2.75, 3.05) is 13.1 Å². The lowest BCUT2D eigenvalue weighted by molar-refractivity contribution is -0.137. The highest BCUT2D eigenvalue weighted by atomic mass is 16.2.